The van der Waals surface area contributed by atoms with Crippen molar-refractivity contribution in [2.75, 3.05) is 33.5 Å². The number of halogens is 1. The van der Waals surface area contributed by atoms with E-state index in [1.54, 1.807) is 7.11 Å². The average Bonchev–Trinajstić information content (AvgIpc) is 2.43. The van der Waals surface area contributed by atoms with Crippen LogP contribution in [-0.4, -0.2) is 45.5 Å². The molecule has 0 radical (unpaired) electrons. The highest BCUT2D eigenvalue weighted by molar-refractivity contribution is 5.85. The normalized spacial score (nSPS) is 11.5. The number of benzene rings is 1. The summed E-state index contributed by atoms with van der Waals surface area (Å²) in [4.78, 5) is 11.6. The zero-order valence-electron chi connectivity index (χ0n) is 11.6. The van der Waals surface area contributed by atoms with Crippen LogP contribution in [-0.2, 0) is 25.4 Å². The molecule has 0 aliphatic heterocycles. The largest absolute Gasteiger partial charge is 0.462 e. The second-order valence-electron chi connectivity index (χ2n) is 4.07. The second-order valence-corrected chi connectivity index (χ2v) is 4.07. The van der Waals surface area contributed by atoms with E-state index in [0.717, 1.165) is 5.56 Å². The summed E-state index contributed by atoms with van der Waals surface area (Å²) >= 11 is 0. The maximum Gasteiger partial charge on any atom is 0.323 e. The number of esters is 1. The van der Waals surface area contributed by atoms with E-state index in [2.05, 4.69) is 0 Å². The Balaban J connectivity index is 0.00000361. The Morgan fingerprint density at radius 3 is 2.45 bits per heavy atom. The Labute approximate surface area is 125 Å². The van der Waals surface area contributed by atoms with E-state index < -0.39 is 12.0 Å². The van der Waals surface area contributed by atoms with Crippen LogP contribution >= 0.6 is 12.4 Å². The minimum absolute atomic E-state index is 0. The van der Waals surface area contributed by atoms with Crippen molar-refractivity contribution in [1.82, 2.24) is 0 Å². The van der Waals surface area contributed by atoms with Gasteiger partial charge in [0.05, 0.1) is 19.8 Å². The lowest BCUT2D eigenvalue weighted by molar-refractivity contribution is -0.146. The third kappa shape index (κ3) is 8.12. The molecule has 0 saturated heterocycles. The van der Waals surface area contributed by atoms with Crippen LogP contribution in [0.3, 0.4) is 0 Å². The molecule has 1 aromatic carbocycles. The van der Waals surface area contributed by atoms with Gasteiger partial charge in [0, 0.05) is 7.11 Å². The van der Waals surface area contributed by atoms with Gasteiger partial charge in [-0.3, -0.25) is 4.79 Å². The molecule has 2 N–H and O–H groups in total. The molecule has 1 aromatic rings. The van der Waals surface area contributed by atoms with Gasteiger partial charge in [-0.2, -0.15) is 0 Å². The van der Waals surface area contributed by atoms with Gasteiger partial charge >= 0.3 is 5.97 Å². The summed E-state index contributed by atoms with van der Waals surface area (Å²) in [6.07, 6.45) is 0.476. The predicted molar refractivity (Wildman–Crippen MR) is 79.0 cm³/mol. The molecule has 0 aliphatic carbocycles. The highest BCUT2D eigenvalue weighted by Gasteiger charge is 2.15. The molecule has 0 saturated carbocycles. The van der Waals surface area contributed by atoms with Crippen molar-refractivity contribution >= 4 is 18.4 Å². The van der Waals surface area contributed by atoms with Crippen molar-refractivity contribution in [3.8, 4) is 0 Å². The van der Waals surface area contributed by atoms with Gasteiger partial charge in [0.1, 0.15) is 12.6 Å². The Morgan fingerprint density at radius 1 is 1.15 bits per heavy atom. The van der Waals surface area contributed by atoms with Crippen LogP contribution in [0.25, 0.3) is 0 Å². The van der Waals surface area contributed by atoms with Crippen molar-refractivity contribution in [2.45, 2.75) is 12.5 Å². The zero-order valence-corrected chi connectivity index (χ0v) is 12.4. The quantitative estimate of drug-likeness (QED) is 0.548. The number of methoxy groups -OCH3 is 1. The second kappa shape index (κ2) is 11.7. The highest BCUT2D eigenvalue weighted by Crippen LogP contribution is 2.02. The summed E-state index contributed by atoms with van der Waals surface area (Å²) < 4.78 is 15.0. The fraction of sp³-hybridized carbons (Fsp3) is 0.500. The molecule has 0 spiro atoms. The number of carbonyl (C=O) groups excluding carboxylic acids is 1. The Bertz CT molecular complexity index is 361. The van der Waals surface area contributed by atoms with Gasteiger partial charge in [-0.25, -0.2) is 0 Å². The van der Waals surface area contributed by atoms with Gasteiger partial charge < -0.3 is 19.9 Å². The molecule has 0 fully saturated rings. The molecule has 6 heteroatoms. The third-order valence-electron chi connectivity index (χ3n) is 2.50. The van der Waals surface area contributed by atoms with Crippen LogP contribution in [0.5, 0.6) is 0 Å². The van der Waals surface area contributed by atoms with Gasteiger partial charge in [0.15, 0.2) is 0 Å². The molecule has 0 heterocycles. The fourth-order valence-electron chi connectivity index (χ4n) is 1.50. The molecule has 0 amide bonds. The summed E-state index contributed by atoms with van der Waals surface area (Å²) in [7, 11) is 1.60. The van der Waals surface area contributed by atoms with Crippen LogP contribution < -0.4 is 5.73 Å². The van der Waals surface area contributed by atoms with Crippen LogP contribution in [0.2, 0.25) is 0 Å². The maximum absolute atomic E-state index is 11.6. The molecular weight excluding hydrogens is 282 g/mol. The van der Waals surface area contributed by atoms with Crippen molar-refractivity contribution in [2.24, 2.45) is 5.73 Å². The summed E-state index contributed by atoms with van der Waals surface area (Å²) in [5, 5.41) is 0. The topological polar surface area (TPSA) is 70.8 Å². The van der Waals surface area contributed by atoms with E-state index in [0.29, 0.717) is 26.2 Å². The van der Waals surface area contributed by atoms with E-state index in [-0.39, 0.29) is 19.0 Å². The minimum Gasteiger partial charge on any atom is -0.462 e. The lowest BCUT2D eigenvalue weighted by Crippen LogP contribution is -2.35. The van der Waals surface area contributed by atoms with Crippen molar-refractivity contribution < 1.29 is 19.0 Å². The molecule has 0 unspecified atom stereocenters. The van der Waals surface area contributed by atoms with E-state index in [4.69, 9.17) is 19.9 Å². The van der Waals surface area contributed by atoms with Crippen molar-refractivity contribution in [3.05, 3.63) is 35.9 Å². The molecule has 0 aliphatic rings. The maximum atomic E-state index is 11.6. The number of hydrogen-bond donors (Lipinski definition) is 1. The average molecular weight is 304 g/mol. The van der Waals surface area contributed by atoms with Gasteiger partial charge in [-0.1, -0.05) is 30.3 Å². The first kappa shape index (κ1) is 18.9. The number of ether oxygens (including phenoxy) is 3. The number of nitrogens with two attached hydrogens (primary N) is 1. The first-order valence-electron chi connectivity index (χ1n) is 6.27. The first-order valence-corrected chi connectivity index (χ1v) is 6.27. The number of hydrogen-bond acceptors (Lipinski definition) is 5. The van der Waals surface area contributed by atoms with Crippen molar-refractivity contribution in [1.29, 1.82) is 0 Å². The predicted octanol–water partition coefficient (Wildman–Crippen LogP) is 1.18. The molecule has 1 atom stereocenters. The zero-order chi connectivity index (χ0) is 13.9. The van der Waals surface area contributed by atoms with E-state index >= 15 is 0 Å². The number of carbonyl (C=O) groups is 1. The summed E-state index contributed by atoms with van der Waals surface area (Å²) in [6.45, 7) is 1.59. The van der Waals surface area contributed by atoms with Gasteiger partial charge in [0.25, 0.3) is 0 Å². The molecular formula is C14H22ClNO4. The van der Waals surface area contributed by atoms with Gasteiger partial charge in [-0.15, -0.1) is 12.4 Å². The summed E-state index contributed by atoms with van der Waals surface area (Å²) in [6, 6.07) is 8.97. The Hall–Kier alpha value is -1.14. The molecule has 0 aromatic heterocycles. The van der Waals surface area contributed by atoms with Crippen LogP contribution in [0, 0.1) is 0 Å². The van der Waals surface area contributed by atoms with E-state index in [1.165, 1.54) is 0 Å². The minimum atomic E-state index is -0.638. The van der Waals surface area contributed by atoms with Crippen LogP contribution in [0.15, 0.2) is 30.3 Å². The fourth-order valence-corrected chi connectivity index (χ4v) is 1.50. The number of rotatable bonds is 9. The highest BCUT2D eigenvalue weighted by atomic mass is 35.5. The third-order valence-corrected chi connectivity index (χ3v) is 2.50. The lowest BCUT2D eigenvalue weighted by atomic mass is 10.1. The van der Waals surface area contributed by atoms with Gasteiger partial charge in [0.2, 0.25) is 0 Å². The Kier molecular flexibility index (Phi) is 11.0. The standard InChI is InChI=1S/C14H21NO4.ClH/c1-17-7-8-18-9-10-19-14(16)13(15)11-12-5-3-2-4-6-12;/h2-6,13H,7-11,15H2,1H3;1H/t13-;/m0./s1. The smallest absolute Gasteiger partial charge is 0.323 e. The molecule has 114 valence electrons. The molecule has 1 rings (SSSR count). The summed E-state index contributed by atoms with van der Waals surface area (Å²) in [5.74, 6) is -0.404. The van der Waals surface area contributed by atoms with E-state index in [9.17, 15) is 4.79 Å². The molecule has 0 bridgehead atoms. The molecule has 5 nitrogen and oxygen atoms in total. The van der Waals surface area contributed by atoms with Crippen molar-refractivity contribution in [3.63, 3.8) is 0 Å². The lowest BCUT2D eigenvalue weighted by Gasteiger charge is -2.11. The van der Waals surface area contributed by atoms with Crippen LogP contribution in [0.4, 0.5) is 0 Å². The monoisotopic (exact) mass is 303 g/mol. The summed E-state index contributed by atoms with van der Waals surface area (Å²) in [5.41, 5.74) is 6.79. The van der Waals surface area contributed by atoms with Gasteiger partial charge in [-0.05, 0) is 12.0 Å². The first-order chi connectivity index (χ1) is 9.24. The SMILES string of the molecule is COCCOCCOC(=O)[C@@H](N)Cc1ccccc1.Cl. The Morgan fingerprint density at radius 2 is 1.80 bits per heavy atom. The van der Waals surface area contributed by atoms with E-state index in [1.807, 2.05) is 30.3 Å². The molecule has 20 heavy (non-hydrogen) atoms. The van der Waals surface area contributed by atoms with Crippen LogP contribution in [0.1, 0.15) is 5.56 Å².